The molecule has 1 rings (SSSR count). The van der Waals surface area contributed by atoms with Gasteiger partial charge in [-0.05, 0) is 41.5 Å². The van der Waals surface area contributed by atoms with Crippen molar-refractivity contribution in [1.82, 2.24) is 9.80 Å². The lowest BCUT2D eigenvalue weighted by Gasteiger charge is -2.29. The summed E-state index contributed by atoms with van der Waals surface area (Å²) < 4.78 is 10.5. The maximum absolute atomic E-state index is 12.2. The summed E-state index contributed by atoms with van der Waals surface area (Å²) in [6.45, 7) is 10.5. The average molecular weight is 344 g/mol. The van der Waals surface area contributed by atoms with Gasteiger partial charge in [-0.25, -0.2) is 14.4 Å². The minimum absolute atomic E-state index is 0.0849. The molecule has 138 valence electrons. The molecule has 0 aromatic carbocycles. The van der Waals surface area contributed by atoms with Gasteiger partial charge in [0.2, 0.25) is 0 Å². The van der Waals surface area contributed by atoms with Crippen molar-refractivity contribution in [2.75, 3.05) is 13.6 Å². The first kappa shape index (κ1) is 20.1. The van der Waals surface area contributed by atoms with Gasteiger partial charge < -0.3 is 19.5 Å². The van der Waals surface area contributed by atoms with E-state index in [1.807, 2.05) is 0 Å². The highest BCUT2D eigenvalue weighted by Gasteiger charge is 2.44. The molecule has 1 saturated heterocycles. The van der Waals surface area contributed by atoms with Crippen LogP contribution in [0.15, 0.2) is 0 Å². The first-order valence-corrected chi connectivity index (χ1v) is 7.89. The number of hydrogen-bond acceptors (Lipinski definition) is 5. The van der Waals surface area contributed by atoms with Gasteiger partial charge in [0.05, 0.1) is 6.04 Å². The van der Waals surface area contributed by atoms with Crippen LogP contribution in [0.3, 0.4) is 0 Å². The first-order valence-electron chi connectivity index (χ1n) is 7.89. The van der Waals surface area contributed by atoms with Crippen LogP contribution in [-0.4, -0.2) is 69.9 Å². The largest absolute Gasteiger partial charge is 0.480 e. The first-order chi connectivity index (χ1) is 10.7. The molecule has 0 saturated carbocycles. The summed E-state index contributed by atoms with van der Waals surface area (Å²) in [4.78, 5) is 38.4. The molecule has 1 aliphatic heterocycles. The number of hydrogen-bond donors (Lipinski definition) is 1. The molecule has 1 unspecified atom stereocenters. The van der Waals surface area contributed by atoms with Gasteiger partial charge in [0.1, 0.15) is 17.2 Å². The lowest BCUT2D eigenvalue weighted by molar-refractivity contribution is -0.142. The third-order valence-electron chi connectivity index (χ3n) is 3.42. The van der Waals surface area contributed by atoms with Crippen LogP contribution in [0.25, 0.3) is 0 Å². The average Bonchev–Trinajstić information content (AvgIpc) is 2.78. The van der Waals surface area contributed by atoms with Gasteiger partial charge in [-0.3, -0.25) is 4.90 Å². The Labute approximate surface area is 142 Å². The van der Waals surface area contributed by atoms with E-state index in [1.165, 1.54) is 11.9 Å². The van der Waals surface area contributed by atoms with Gasteiger partial charge in [0, 0.05) is 20.0 Å². The minimum atomic E-state index is -1.12. The van der Waals surface area contributed by atoms with Crippen molar-refractivity contribution in [1.29, 1.82) is 0 Å². The molecule has 1 fully saturated rings. The number of likely N-dealkylation sites (tertiary alicyclic amines) is 1. The third kappa shape index (κ3) is 5.58. The second kappa shape index (κ2) is 6.86. The van der Waals surface area contributed by atoms with Gasteiger partial charge in [-0.2, -0.15) is 0 Å². The fraction of sp³-hybridized carbons (Fsp3) is 0.812. The van der Waals surface area contributed by atoms with Crippen molar-refractivity contribution in [3.8, 4) is 0 Å². The fourth-order valence-corrected chi connectivity index (χ4v) is 2.33. The standard InChI is InChI=1S/C16H28N2O6/c1-15(2,3)23-13(21)17(7)10-8-11(12(19)20)18(9-10)14(22)24-16(4,5)6/h10-11H,8-9H2,1-7H3,(H,19,20)/t10?,11-/m0/s1. The highest BCUT2D eigenvalue weighted by Crippen LogP contribution is 2.25. The van der Waals surface area contributed by atoms with Crippen molar-refractivity contribution in [2.24, 2.45) is 0 Å². The van der Waals surface area contributed by atoms with Crippen LogP contribution in [0.1, 0.15) is 48.0 Å². The maximum atomic E-state index is 12.2. The molecule has 0 spiro atoms. The Bertz CT molecular complexity index is 506. The van der Waals surface area contributed by atoms with Crippen LogP contribution in [-0.2, 0) is 14.3 Å². The van der Waals surface area contributed by atoms with E-state index in [4.69, 9.17) is 9.47 Å². The number of carboxylic acid groups (broad SMARTS) is 1. The molecule has 2 atom stereocenters. The lowest BCUT2D eigenvalue weighted by atomic mass is 10.1. The summed E-state index contributed by atoms with van der Waals surface area (Å²) in [5.74, 6) is -1.12. The van der Waals surface area contributed by atoms with E-state index in [9.17, 15) is 19.5 Å². The second-order valence-corrected chi connectivity index (χ2v) is 7.97. The maximum Gasteiger partial charge on any atom is 0.411 e. The molecule has 1 N–H and O–H groups in total. The van der Waals surface area contributed by atoms with Crippen LogP contribution in [0.2, 0.25) is 0 Å². The fourth-order valence-electron chi connectivity index (χ4n) is 2.33. The normalized spacial score (nSPS) is 21.4. The molecule has 0 aliphatic carbocycles. The topological polar surface area (TPSA) is 96.4 Å². The summed E-state index contributed by atoms with van der Waals surface area (Å²) >= 11 is 0. The molecule has 8 heteroatoms. The smallest absolute Gasteiger partial charge is 0.411 e. The van der Waals surface area contributed by atoms with Gasteiger partial charge in [-0.1, -0.05) is 0 Å². The van der Waals surface area contributed by atoms with Gasteiger partial charge >= 0.3 is 18.2 Å². The predicted molar refractivity (Wildman–Crippen MR) is 86.8 cm³/mol. The van der Waals surface area contributed by atoms with Gasteiger partial charge in [0.15, 0.2) is 0 Å². The van der Waals surface area contributed by atoms with Crippen molar-refractivity contribution in [3.05, 3.63) is 0 Å². The quantitative estimate of drug-likeness (QED) is 0.826. The van der Waals surface area contributed by atoms with Crippen LogP contribution < -0.4 is 0 Å². The Balaban J connectivity index is 2.85. The lowest BCUT2D eigenvalue weighted by Crippen LogP contribution is -2.45. The van der Waals surface area contributed by atoms with E-state index in [-0.39, 0.29) is 13.0 Å². The molecule has 0 radical (unpaired) electrons. The highest BCUT2D eigenvalue weighted by atomic mass is 16.6. The molecule has 24 heavy (non-hydrogen) atoms. The molecule has 1 aliphatic rings. The molecule has 8 nitrogen and oxygen atoms in total. The van der Waals surface area contributed by atoms with Crippen molar-refractivity contribution >= 4 is 18.2 Å². The van der Waals surface area contributed by atoms with E-state index in [2.05, 4.69) is 0 Å². The predicted octanol–water partition coefficient (Wildman–Crippen LogP) is 2.32. The SMILES string of the molecule is CN(C(=O)OC(C)(C)C)C1C[C@@H](C(=O)O)N(C(=O)OC(C)(C)C)C1. The number of amides is 2. The number of likely N-dealkylation sites (N-methyl/N-ethyl adjacent to an activating group) is 1. The number of carbonyl (C=O) groups is 3. The molecule has 1 heterocycles. The van der Waals surface area contributed by atoms with E-state index < -0.39 is 41.4 Å². The zero-order valence-electron chi connectivity index (χ0n) is 15.5. The number of rotatable bonds is 2. The number of nitrogens with zero attached hydrogens (tertiary/aromatic N) is 2. The Morgan fingerprint density at radius 3 is 1.96 bits per heavy atom. The summed E-state index contributed by atoms with van der Waals surface area (Å²) in [6, 6.07) is -1.48. The zero-order valence-corrected chi connectivity index (χ0v) is 15.5. The molecular formula is C16H28N2O6. The van der Waals surface area contributed by atoms with Gasteiger partial charge in [0.25, 0.3) is 0 Å². The van der Waals surface area contributed by atoms with Crippen molar-refractivity contribution in [2.45, 2.75) is 71.2 Å². The number of carbonyl (C=O) groups excluding carboxylic acids is 2. The summed E-state index contributed by atoms with van der Waals surface area (Å²) in [5.41, 5.74) is -1.38. The molecular weight excluding hydrogens is 316 g/mol. The number of aliphatic carboxylic acids is 1. The number of carboxylic acids is 1. The summed E-state index contributed by atoms with van der Waals surface area (Å²) in [7, 11) is 1.54. The Morgan fingerprint density at radius 2 is 1.54 bits per heavy atom. The van der Waals surface area contributed by atoms with E-state index in [0.29, 0.717) is 0 Å². The van der Waals surface area contributed by atoms with Crippen LogP contribution >= 0.6 is 0 Å². The molecule has 0 aromatic rings. The molecule has 0 aromatic heterocycles. The number of ether oxygens (including phenoxy) is 2. The zero-order chi connectivity index (χ0) is 18.9. The summed E-state index contributed by atoms with van der Waals surface area (Å²) in [6.07, 6.45) is -1.12. The summed E-state index contributed by atoms with van der Waals surface area (Å²) in [5, 5.41) is 9.37. The van der Waals surface area contributed by atoms with Crippen molar-refractivity contribution < 1.29 is 29.0 Å². The highest BCUT2D eigenvalue weighted by molar-refractivity contribution is 5.81. The monoisotopic (exact) mass is 344 g/mol. The van der Waals surface area contributed by atoms with E-state index >= 15 is 0 Å². The van der Waals surface area contributed by atoms with E-state index in [1.54, 1.807) is 41.5 Å². The molecule has 2 amide bonds. The Morgan fingerprint density at radius 1 is 1.04 bits per heavy atom. The van der Waals surface area contributed by atoms with Crippen LogP contribution in [0, 0.1) is 0 Å². The van der Waals surface area contributed by atoms with Crippen LogP contribution in [0.4, 0.5) is 9.59 Å². The van der Waals surface area contributed by atoms with Crippen molar-refractivity contribution in [3.63, 3.8) is 0 Å². The Kier molecular flexibility index (Phi) is 5.74. The van der Waals surface area contributed by atoms with E-state index in [0.717, 1.165) is 4.90 Å². The second-order valence-electron chi connectivity index (χ2n) is 7.97. The molecule has 0 bridgehead atoms. The Hall–Kier alpha value is -1.99. The van der Waals surface area contributed by atoms with Gasteiger partial charge in [-0.15, -0.1) is 0 Å². The third-order valence-corrected chi connectivity index (χ3v) is 3.42. The van der Waals surface area contributed by atoms with Crippen LogP contribution in [0.5, 0.6) is 0 Å². The minimum Gasteiger partial charge on any atom is -0.480 e.